The molecule has 0 bridgehead atoms. The summed E-state index contributed by atoms with van der Waals surface area (Å²) in [5.41, 5.74) is 1.27. The summed E-state index contributed by atoms with van der Waals surface area (Å²) in [6, 6.07) is 8.68. The normalized spacial score (nSPS) is 12.6. The lowest BCUT2D eigenvalue weighted by atomic mass is 10.1. The zero-order chi connectivity index (χ0) is 10.5. The molecule has 2 rings (SSSR count). The molecule has 0 saturated carbocycles. The highest BCUT2D eigenvalue weighted by atomic mass is 32.1. The molecule has 2 aromatic heterocycles. The fraction of sp³-hybridized carbons (Fsp3) is 0.250. The second-order valence-corrected chi connectivity index (χ2v) is 4.27. The van der Waals surface area contributed by atoms with E-state index < -0.39 is 0 Å². The van der Waals surface area contributed by atoms with E-state index in [2.05, 4.69) is 46.9 Å². The molecule has 2 nitrogen and oxygen atoms in total. The van der Waals surface area contributed by atoms with E-state index in [9.17, 15) is 0 Å². The van der Waals surface area contributed by atoms with Crippen LogP contribution in [0.25, 0.3) is 0 Å². The van der Waals surface area contributed by atoms with Crippen molar-refractivity contribution in [3.63, 3.8) is 0 Å². The van der Waals surface area contributed by atoms with Gasteiger partial charge in [0.15, 0.2) is 0 Å². The molecule has 1 atom stereocenters. The quantitative estimate of drug-likeness (QED) is 0.853. The third kappa shape index (κ3) is 2.43. The van der Waals surface area contributed by atoms with Crippen LogP contribution in [0.2, 0.25) is 0 Å². The molecule has 2 aromatic rings. The number of nitrogens with zero attached hydrogens (tertiary/aromatic N) is 1. The van der Waals surface area contributed by atoms with Gasteiger partial charge in [0.1, 0.15) is 0 Å². The highest BCUT2D eigenvalue weighted by Gasteiger charge is 2.12. The maximum atomic E-state index is 4.04. The minimum atomic E-state index is 0.304. The Hall–Kier alpha value is -1.19. The topological polar surface area (TPSA) is 24.9 Å². The average Bonchev–Trinajstić information content (AvgIpc) is 2.80. The molecular weight excluding hydrogens is 204 g/mol. The van der Waals surface area contributed by atoms with E-state index in [0.29, 0.717) is 6.04 Å². The molecule has 0 aliphatic heterocycles. The number of thiophene rings is 1. The van der Waals surface area contributed by atoms with Crippen LogP contribution in [0, 0.1) is 0 Å². The molecule has 0 fully saturated rings. The van der Waals surface area contributed by atoms with Crippen LogP contribution in [0.4, 0.5) is 0 Å². The second kappa shape index (κ2) is 5.05. The van der Waals surface area contributed by atoms with Gasteiger partial charge in [0.05, 0.1) is 6.04 Å². The van der Waals surface area contributed by atoms with Crippen LogP contribution in [0.15, 0.2) is 42.0 Å². The van der Waals surface area contributed by atoms with Crippen molar-refractivity contribution in [2.45, 2.75) is 13.0 Å². The monoisotopic (exact) mass is 218 g/mol. The lowest BCUT2D eigenvalue weighted by Gasteiger charge is -2.16. The van der Waals surface area contributed by atoms with Gasteiger partial charge in [-0.3, -0.25) is 4.98 Å². The molecule has 0 aliphatic carbocycles. The maximum Gasteiger partial charge on any atom is 0.0672 e. The highest BCUT2D eigenvalue weighted by Crippen LogP contribution is 2.25. The van der Waals surface area contributed by atoms with Gasteiger partial charge in [-0.2, -0.15) is 0 Å². The predicted octanol–water partition coefficient (Wildman–Crippen LogP) is 2.84. The standard InChI is InChI=1S/C12H14N2S/c1-2-14-12(11-4-3-9-15-11)10-5-7-13-8-6-10/h3-9,12,14H,2H2,1H3. The minimum absolute atomic E-state index is 0.304. The number of pyridine rings is 1. The van der Waals surface area contributed by atoms with E-state index >= 15 is 0 Å². The van der Waals surface area contributed by atoms with E-state index in [1.807, 2.05) is 12.4 Å². The first-order chi connectivity index (χ1) is 7.42. The molecule has 15 heavy (non-hydrogen) atoms. The average molecular weight is 218 g/mol. The second-order valence-electron chi connectivity index (χ2n) is 3.29. The smallest absolute Gasteiger partial charge is 0.0672 e. The van der Waals surface area contributed by atoms with Crippen LogP contribution in [0.3, 0.4) is 0 Å². The van der Waals surface area contributed by atoms with Gasteiger partial charge in [0.25, 0.3) is 0 Å². The fourth-order valence-electron chi connectivity index (χ4n) is 1.60. The van der Waals surface area contributed by atoms with Crippen LogP contribution in [-0.2, 0) is 0 Å². The molecule has 0 spiro atoms. The molecule has 1 unspecified atom stereocenters. The lowest BCUT2D eigenvalue weighted by molar-refractivity contribution is 0.639. The summed E-state index contributed by atoms with van der Waals surface area (Å²) in [6.07, 6.45) is 3.68. The van der Waals surface area contributed by atoms with Gasteiger partial charge in [0, 0.05) is 17.3 Å². The lowest BCUT2D eigenvalue weighted by Crippen LogP contribution is -2.20. The Morgan fingerprint density at radius 3 is 2.73 bits per heavy atom. The van der Waals surface area contributed by atoms with Gasteiger partial charge in [-0.25, -0.2) is 0 Å². The van der Waals surface area contributed by atoms with Crippen LogP contribution < -0.4 is 5.32 Å². The first-order valence-corrected chi connectivity index (χ1v) is 5.96. The van der Waals surface area contributed by atoms with Crippen molar-refractivity contribution in [1.29, 1.82) is 0 Å². The molecule has 0 amide bonds. The third-order valence-electron chi connectivity index (χ3n) is 2.28. The molecule has 0 aliphatic rings. The van der Waals surface area contributed by atoms with Gasteiger partial charge in [0.2, 0.25) is 0 Å². The Balaban J connectivity index is 2.28. The van der Waals surface area contributed by atoms with Gasteiger partial charge < -0.3 is 5.32 Å². The van der Waals surface area contributed by atoms with Crippen molar-refractivity contribution in [3.05, 3.63) is 52.5 Å². The van der Waals surface area contributed by atoms with Gasteiger partial charge >= 0.3 is 0 Å². The zero-order valence-electron chi connectivity index (χ0n) is 8.68. The molecule has 0 saturated heterocycles. The molecule has 3 heteroatoms. The van der Waals surface area contributed by atoms with Crippen molar-refractivity contribution >= 4 is 11.3 Å². The first kappa shape index (κ1) is 10.3. The molecule has 2 heterocycles. The van der Waals surface area contributed by atoms with Crippen molar-refractivity contribution in [1.82, 2.24) is 10.3 Å². The van der Waals surface area contributed by atoms with Crippen molar-refractivity contribution in [2.75, 3.05) is 6.54 Å². The van der Waals surface area contributed by atoms with Crippen LogP contribution in [0.5, 0.6) is 0 Å². The number of hydrogen-bond acceptors (Lipinski definition) is 3. The fourth-order valence-corrected chi connectivity index (χ4v) is 2.43. The van der Waals surface area contributed by atoms with Crippen molar-refractivity contribution in [2.24, 2.45) is 0 Å². The van der Waals surface area contributed by atoms with E-state index in [0.717, 1.165) is 6.54 Å². The Morgan fingerprint density at radius 1 is 1.33 bits per heavy atom. The number of rotatable bonds is 4. The van der Waals surface area contributed by atoms with E-state index in [4.69, 9.17) is 0 Å². The number of nitrogens with one attached hydrogen (secondary N) is 1. The summed E-state index contributed by atoms with van der Waals surface area (Å²) in [7, 11) is 0. The third-order valence-corrected chi connectivity index (χ3v) is 3.21. The Morgan fingerprint density at radius 2 is 2.13 bits per heavy atom. The SMILES string of the molecule is CCNC(c1ccncc1)c1cccs1. The van der Waals surface area contributed by atoms with Crippen molar-refractivity contribution < 1.29 is 0 Å². The molecule has 0 radical (unpaired) electrons. The van der Waals surface area contributed by atoms with Crippen LogP contribution in [-0.4, -0.2) is 11.5 Å². The molecule has 1 N–H and O–H groups in total. The highest BCUT2D eigenvalue weighted by molar-refractivity contribution is 7.10. The zero-order valence-corrected chi connectivity index (χ0v) is 9.50. The number of aromatic nitrogens is 1. The largest absolute Gasteiger partial charge is 0.306 e. The first-order valence-electron chi connectivity index (χ1n) is 5.08. The molecule has 78 valence electrons. The number of hydrogen-bond donors (Lipinski definition) is 1. The van der Waals surface area contributed by atoms with Gasteiger partial charge in [-0.05, 0) is 35.7 Å². The summed E-state index contributed by atoms with van der Waals surface area (Å²) in [5.74, 6) is 0. The maximum absolute atomic E-state index is 4.04. The minimum Gasteiger partial charge on any atom is -0.306 e. The van der Waals surface area contributed by atoms with E-state index in [1.54, 1.807) is 11.3 Å². The van der Waals surface area contributed by atoms with Crippen LogP contribution >= 0.6 is 11.3 Å². The molecule has 0 aromatic carbocycles. The Bertz CT molecular complexity index is 383. The van der Waals surface area contributed by atoms with Crippen LogP contribution in [0.1, 0.15) is 23.4 Å². The molecular formula is C12H14N2S. The van der Waals surface area contributed by atoms with Crippen molar-refractivity contribution in [3.8, 4) is 0 Å². The van der Waals surface area contributed by atoms with E-state index in [-0.39, 0.29) is 0 Å². The van der Waals surface area contributed by atoms with Gasteiger partial charge in [-0.15, -0.1) is 11.3 Å². The van der Waals surface area contributed by atoms with Gasteiger partial charge in [-0.1, -0.05) is 13.0 Å². The summed E-state index contributed by atoms with van der Waals surface area (Å²) >= 11 is 1.78. The summed E-state index contributed by atoms with van der Waals surface area (Å²) in [5, 5.41) is 5.60. The Labute approximate surface area is 94.0 Å². The summed E-state index contributed by atoms with van der Waals surface area (Å²) < 4.78 is 0. The summed E-state index contributed by atoms with van der Waals surface area (Å²) in [4.78, 5) is 5.39. The van der Waals surface area contributed by atoms with E-state index in [1.165, 1.54) is 10.4 Å². The Kier molecular flexibility index (Phi) is 3.48. The summed E-state index contributed by atoms with van der Waals surface area (Å²) in [6.45, 7) is 3.09. The predicted molar refractivity (Wildman–Crippen MR) is 64.1 cm³/mol.